The van der Waals surface area contributed by atoms with Crippen molar-refractivity contribution in [3.63, 3.8) is 0 Å². The lowest BCUT2D eigenvalue weighted by atomic mass is 9.44. The SMILES string of the molecule is Cc1ccc2c(c1)N(c1ccccc1)c1cccc3c1B2n1c2ccccc2c2c4c5c(c-3c21)c1ccccc1n5B1c2ccc(N(c3ccccc3)c3ccccc3)cc2N(c2ccccc2)c2cccc-4c21. The van der Waals surface area contributed by atoms with E-state index in [1.807, 2.05) is 0 Å². The first kappa shape index (κ1) is 40.2. The zero-order valence-electron chi connectivity index (χ0n) is 40.5. The number of hydrogen-bond donors (Lipinski definition) is 0. The number of hydrogen-bond acceptors (Lipinski definition) is 3. The molecule has 4 aliphatic rings. The smallest absolute Gasteiger partial charge is 0.333 e. The Labute approximate surface area is 429 Å². The molecule has 0 saturated heterocycles. The van der Waals surface area contributed by atoms with Crippen LogP contribution in [0.25, 0.3) is 65.9 Å². The van der Waals surface area contributed by atoms with Crippen molar-refractivity contribution in [1.29, 1.82) is 0 Å². The molecule has 5 nitrogen and oxygen atoms in total. The van der Waals surface area contributed by atoms with Gasteiger partial charge in [-0.25, -0.2) is 0 Å². The number of anilines is 9. The third-order valence-corrected chi connectivity index (χ3v) is 16.6. The molecule has 0 radical (unpaired) electrons. The molecular formula is C67H43B2N5. The summed E-state index contributed by atoms with van der Waals surface area (Å²) in [4.78, 5) is 7.44. The molecule has 0 aliphatic carbocycles. The molecule has 2 aromatic heterocycles. The number of aryl methyl sites for hydroxylation is 1. The summed E-state index contributed by atoms with van der Waals surface area (Å²) in [6.07, 6.45) is 0. The zero-order valence-corrected chi connectivity index (χ0v) is 40.5. The van der Waals surface area contributed by atoms with Crippen LogP contribution in [-0.2, 0) is 0 Å². The largest absolute Gasteiger partial charge is 0.375 e. The highest BCUT2D eigenvalue weighted by molar-refractivity contribution is 6.91. The van der Waals surface area contributed by atoms with E-state index < -0.39 is 0 Å². The van der Waals surface area contributed by atoms with Crippen LogP contribution in [0.5, 0.6) is 0 Å². The summed E-state index contributed by atoms with van der Waals surface area (Å²) >= 11 is 0. The second kappa shape index (κ2) is 14.8. The van der Waals surface area contributed by atoms with Crippen molar-refractivity contribution in [2.45, 2.75) is 6.92 Å². The average molecular weight is 940 g/mol. The molecule has 74 heavy (non-hydrogen) atoms. The second-order valence-electron chi connectivity index (χ2n) is 20.4. The molecule has 17 rings (SSSR count). The van der Waals surface area contributed by atoms with Gasteiger partial charge in [-0.2, -0.15) is 0 Å². The van der Waals surface area contributed by atoms with E-state index in [2.05, 4.69) is 273 Å². The first-order valence-corrected chi connectivity index (χ1v) is 25.8. The maximum absolute atomic E-state index is 2.75. The summed E-state index contributed by atoms with van der Waals surface area (Å²) in [6, 6.07) is 90.5. The van der Waals surface area contributed by atoms with Crippen LogP contribution >= 0.6 is 0 Å². The molecule has 0 amide bonds. The molecular weight excluding hydrogens is 896 g/mol. The van der Waals surface area contributed by atoms with Crippen LogP contribution in [0.3, 0.4) is 0 Å². The Morgan fingerprint density at radius 2 is 0.784 bits per heavy atom. The molecule has 0 bridgehead atoms. The van der Waals surface area contributed by atoms with Crippen molar-refractivity contribution in [1.82, 2.24) is 8.96 Å². The number of para-hydroxylation sites is 6. The number of fused-ring (bicyclic) bond motifs is 16. The highest BCUT2D eigenvalue weighted by atomic mass is 15.2. The van der Waals surface area contributed by atoms with Gasteiger partial charge in [0.2, 0.25) is 0 Å². The van der Waals surface area contributed by atoms with Crippen molar-refractivity contribution >= 4 is 130 Å². The molecule has 11 aromatic carbocycles. The third-order valence-electron chi connectivity index (χ3n) is 16.6. The lowest BCUT2D eigenvalue weighted by Gasteiger charge is -2.42. The summed E-state index contributed by atoms with van der Waals surface area (Å²) in [6.45, 7) is 2.05. The molecule has 0 N–H and O–H groups in total. The second-order valence-corrected chi connectivity index (χ2v) is 20.4. The van der Waals surface area contributed by atoms with Crippen molar-refractivity contribution < 1.29 is 0 Å². The van der Waals surface area contributed by atoms with Crippen LogP contribution in [0.4, 0.5) is 51.2 Å². The normalized spacial score (nSPS) is 13.4. The average Bonchev–Trinajstić information content (AvgIpc) is 4.08. The van der Waals surface area contributed by atoms with Crippen LogP contribution in [0, 0.1) is 6.92 Å². The highest BCUT2D eigenvalue weighted by Crippen LogP contribution is 2.56. The van der Waals surface area contributed by atoms with E-state index in [0.717, 1.165) is 28.4 Å². The molecule has 0 atom stereocenters. The van der Waals surface area contributed by atoms with E-state index in [1.165, 1.54) is 116 Å². The lowest BCUT2D eigenvalue weighted by Crippen LogP contribution is -2.57. The fraction of sp³-hybridized carbons (Fsp3) is 0.0149. The monoisotopic (exact) mass is 939 g/mol. The predicted octanol–water partition coefficient (Wildman–Crippen LogP) is 14.5. The Morgan fingerprint density at radius 1 is 0.351 bits per heavy atom. The predicted molar refractivity (Wildman–Crippen MR) is 313 cm³/mol. The van der Waals surface area contributed by atoms with Crippen molar-refractivity contribution in [3.8, 4) is 22.3 Å². The molecule has 0 unspecified atom stereocenters. The van der Waals surface area contributed by atoms with Gasteiger partial charge in [0.25, 0.3) is 0 Å². The Bertz CT molecular complexity index is 4490. The van der Waals surface area contributed by atoms with Gasteiger partial charge in [0.1, 0.15) is 0 Å². The van der Waals surface area contributed by atoms with Gasteiger partial charge < -0.3 is 23.7 Å². The van der Waals surface area contributed by atoms with Crippen LogP contribution in [-0.4, -0.2) is 22.7 Å². The topological polar surface area (TPSA) is 19.6 Å². The lowest BCUT2D eigenvalue weighted by molar-refractivity contribution is 1.24. The summed E-state index contributed by atoms with van der Waals surface area (Å²) in [5.74, 6) is 0. The third kappa shape index (κ3) is 5.15. The van der Waals surface area contributed by atoms with Gasteiger partial charge in [-0.15, -0.1) is 0 Å². The molecule has 6 heterocycles. The van der Waals surface area contributed by atoms with Gasteiger partial charge >= 0.3 is 13.7 Å². The van der Waals surface area contributed by atoms with Gasteiger partial charge in [-0.3, -0.25) is 0 Å². The standard InChI is InChI=1S/C67H43B2N5/c1-42-36-38-52-58(40-42)71(45-24-10-4-11-25-45)56-34-18-30-50-62-61-49-29-15-17-33-55(49)74-67(61)63(60-48-28-14-16-32-54(48)73(66(60)62)68(52)64(50)56)51-31-19-35-57-65(51)69(74)53-39-37-47(41-59(53)72(57)46-26-12-5-13-27-46)70(43-20-6-2-7-21-43)44-22-8-3-9-23-44/h2-41H,1H3. The van der Waals surface area contributed by atoms with E-state index >= 15 is 0 Å². The van der Waals surface area contributed by atoms with E-state index in [4.69, 9.17) is 0 Å². The van der Waals surface area contributed by atoms with E-state index in [1.54, 1.807) is 0 Å². The maximum atomic E-state index is 2.75. The van der Waals surface area contributed by atoms with Gasteiger partial charge in [0, 0.05) is 106 Å². The van der Waals surface area contributed by atoms with Crippen LogP contribution in [0.15, 0.2) is 243 Å². The fourth-order valence-electron chi connectivity index (χ4n) is 13.9. The van der Waals surface area contributed by atoms with Crippen LogP contribution in [0.2, 0.25) is 0 Å². The molecule has 0 saturated carbocycles. The molecule has 4 aliphatic heterocycles. The van der Waals surface area contributed by atoms with E-state index in [-0.39, 0.29) is 13.7 Å². The molecule has 0 fully saturated rings. The first-order chi connectivity index (χ1) is 36.7. The number of rotatable bonds is 5. The highest BCUT2D eigenvalue weighted by Gasteiger charge is 2.48. The van der Waals surface area contributed by atoms with Crippen molar-refractivity contribution in [3.05, 3.63) is 248 Å². The van der Waals surface area contributed by atoms with Gasteiger partial charge in [0.05, 0.1) is 0 Å². The maximum Gasteiger partial charge on any atom is 0.333 e. The molecule has 0 spiro atoms. The molecule has 342 valence electrons. The Kier molecular flexibility index (Phi) is 8.04. The van der Waals surface area contributed by atoms with Crippen molar-refractivity contribution in [2.24, 2.45) is 0 Å². The first-order valence-electron chi connectivity index (χ1n) is 25.8. The van der Waals surface area contributed by atoms with Gasteiger partial charge in [0.15, 0.2) is 0 Å². The minimum absolute atomic E-state index is 0.0494. The fourth-order valence-corrected chi connectivity index (χ4v) is 13.9. The summed E-state index contributed by atoms with van der Waals surface area (Å²) in [5, 5.41) is 5.20. The number of benzene rings is 11. The number of nitrogens with zero attached hydrogens (tertiary/aromatic N) is 5. The van der Waals surface area contributed by atoms with Crippen LogP contribution < -0.4 is 36.6 Å². The van der Waals surface area contributed by atoms with Gasteiger partial charge in [-0.1, -0.05) is 152 Å². The zero-order chi connectivity index (χ0) is 48.3. The Morgan fingerprint density at radius 3 is 1.28 bits per heavy atom. The van der Waals surface area contributed by atoms with Crippen LogP contribution in [0.1, 0.15) is 5.56 Å². The van der Waals surface area contributed by atoms with Gasteiger partial charge in [-0.05, 0) is 136 Å². The minimum atomic E-state index is -0.121. The quantitative estimate of drug-likeness (QED) is 0.160. The summed E-state index contributed by atoms with van der Waals surface area (Å²) < 4.78 is 5.49. The minimum Gasteiger partial charge on any atom is -0.375 e. The molecule has 13 aromatic rings. The summed E-state index contributed by atoms with van der Waals surface area (Å²) in [7, 11) is 0. The van der Waals surface area contributed by atoms with E-state index in [0.29, 0.717) is 0 Å². The van der Waals surface area contributed by atoms with Crippen molar-refractivity contribution in [2.75, 3.05) is 14.7 Å². The Hall–Kier alpha value is -9.45. The number of aromatic nitrogens is 2. The summed E-state index contributed by atoms with van der Waals surface area (Å²) in [5.41, 5.74) is 27.3. The molecule has 7 heteroatoms. The Balaban J connectivity index is 1.03. The van der Waals surface area contributed by atoms with E-state index in [9.17, 15) is 0 Å².